The lowest BCUT2D eigenvalue weighted by Crippen LogP contribution is -2.42. The molecule has 136 valence electrons. The molecule has 0 bridgehead atoms. The van der Waals surface area contributed by atoms with Crippen LogP contribution in [0.4, 0.5) is 4.79 Å². The van der Waals surface area contributed by atoms with Gasteiger partial charge in [0, 0.05) is 11.4 Å². The molecule has 2 aromatic rings. The summed E-state index contributed by atoms with van der Waals surface area (Å²) in [6, 6.07) is 7.28. The number of amides is 2. The molecule has 6 nitrogen and oxygen atoms in total. The van der Waals surface area contributed by atoms with Crippen molar-refractivity contribution in [3.05, 3.63) is 40.3 Å². The highest BCUT2D eigenvalue weighted by atomic mass is 16.2. The first-order valence-corrected chi connectivity index (χ1v) is 9.15. The van der Waals surface area contributed by atoms with Gasteiger partial charge in [-0.1, -0.05) is 49.8 Å². The van der Waals surface area contributed by atoms with E-state index in [2.05, 4.69) is 21.7 Å². The van der Waals surface area contributed by atoms with E-state index in [0.717, 1.165) is 31.1 Å². The van der Waals surface area contributed by atoms with Crippen molar-refractivity contribution in [2.75, 3.05) is 0 Å². The molecule has 2 amide bonds. The predicted octanol–water partition coefficient (Wildman–Crippen LogP) is 2.55. The molecule has 2 N–H and O–H groups in total. The Morgan fingerprint density at radius 1 is 1.19 bits per heavy atom. The number of aromatic nitrogens is 2. The van der Waals surface area contributed by atoms with Crippen molar-refractivity contribution in [1.29, 1.82) is 0 Å². The summed E-state index contributed by atoms with van der Waals surface area (Å²) >= 11 is 0. The Bertz CT molecular complexity index is 873. The maximum Gasteiger partial charge on any atom is 0.315 e. The first kappa shape index (κ1) is 18.0. The van der Waals surface area contributed by atoms with Gasteiger partial charge in [0.05, 0.1) is 17.6 Å². The molecular formula is C20H24N4O2. The van der Waals surface area contributed by atoms with Crippen molar-refractivity contribution in [3.63, 3.8) is 0 Å². The molecular weight excluding hydrogens is 328 g/mol. The number of urea groups is 1. The van der Waals surface area contributed by atoms with Crippen molar-refractivity contribution in [1.82, 2.24) is 20.4 Å². The molecule has 6 heteroatoms. The number of benzene rings is 1. The second-order valence-corrected chi connectivity index (χ2v) is 6.67. The summed E-state index contributed by atoms with van der Waals surface area (Å²) < 4.78 is 1.27. The molecule has 1 aromatic carbocycles. The predicted molar refractivity (Wildman–Crippen MR) is 102 cm³/mol. The van der Waals surface area contributed by atoms with E-state index < -0.39 is 0 Å². The van der Waals surface area contributed by atoms with Crippen LogP contribution in [0.15, 0.2) is 29.1 Å². The maximum atomic E-state index is 12.4. The highest BCUT2D eigenvalue weighted by molar-refractivity contribution is 5.84. The maximum absolute atomic E-state index is 12.4. The van der Waals surface area contributed by atoms with Crippen molar-refractivity contribution < 1.29 is 4.79 Å². The van der Waals surface area contributed by atoms with E-state index in [1.54, 1.807) is 12.1 Å². The van der Waals surface area contributed by atoms with E-state index in [4.69, 9.17) is 6.42 Å². The Morgan fingerprint density at radius 3 is 2.58 bits per heavy atom. The van der Waals surface area contributed by atoms with Crippen molar-refractivity contribution in [2.45, 2.75) is 57.7 Å². The summed E-state index contributed by atoms with van der Waals surface area (Å²) in [5, 5.41) is 11.6. The fourth-order valence-corrected chi connectivity index (χ4v) is 3.45. The van der Waals surface area contributed by atoms with Crippen LogP contribution in [0.5, 0.6) is 0 Å². The molecule has 1 saturated carbocycles. The monoisotopic (exact) mass is 352 g/mol. The topological polar surface area (TPSA) is 76.0 Å². The van der Waals surface area contributed by atoms with E-state index in [9.17, 15) is 9.59 Å². The molecule has 0 saturated heterocycles. The Hall–Kier alpha value is -2.81. The standard InChI is InChI=1S/C20H24N4O2/c1-2-13-24-19(25)17-12-8-7-11-16(17)18(23-24)14-21-20(26)22-15-9-5-3-4-6-10-15/h1,7-8,11-12,15H,3-6,9-10,13-14H2,(H2,21,22,26). The molecule has 1 aliphatic carbocycles. The first-order valence-electron chi connectivity index (χ1n) is 9.15. The average molecular weight is 352 g/mol. The lowest BCUT2D eigenvalue weighted by molar-refractivity contribution is 0.235. The van der Waals surface area contributed by atoms with Gasteiger partial charge in [-0.2, -0.15) is 5.10 Å². The smallest absolute Gasteiger partial charge is 0.315 e. The third-order valence-corrected chi connectivity index (χ3v) is 4.79. The molecule has 26 heavy (non-hydrogen) atoms. The van der Waals surface area contributed by atoms with Gasteiger partial charge in [-0.05, 0) is 18.9 Å². The summed E-state index contributed by atoms with van der Waals surface area (Å²) in [6.45, 7) is 0.342. The molecule has 1 aliphatic rings. The molecule has 3 rings (SSSR count). The molecule has 0 unspecified atom stereocenters. The number of nitrogens with zero attached hydrogens (tertiary/aromatic N) is 2. The second-order valence-electron chi connectivity index (χ2n) is 6.67. The van der Waals surface area contributed by atoms with Crippen LogP contribution in [0.25, 0.3) is 10.8 Å². The number of carbonyl (C=O) groups is 1. The van der Waals surface area contributed by atoms with Gasteiger partial charge in [0.1, 0.15) is 6.54 Å². The third kappa shape index (κ3) is 4.23. The van der Waals surface area contributed by atoms with Gasteiger partial charge in [-0.3, -0.25) is 4.79 Å². The Balaban J connectivity index is 1.73. The van der Waals surface area contributed by atoms with Crippen LogP contribution in [0.2, 0.25) is 0 Å². The molecule has 1 fully saturated rings. The van der Waals surface area contributed by atoms with Crippen LogP contribution in [-0.2, 0) is 13.1 Å². The highest BCUT2D eigenvalue weighted by Gasteiger charge is 2.15. The van der Waals surface area contributed by atoms with Crippen molar-refractivity contribution in [3.8, 4) is 12.3 Å². The molecule has 0 atom stereocenters. The number of hydrogen-bond donors (Lipinski definition) is 2. The minimum absolute atomic E-state index is 0.102. The van der Waals surface area contributed by atoms with Crippen molar-refractivity contribution >= 4 is 16.8 Å². The van der Waals surface area contributed by atoms with Gasteiger partial charge in [-0.15, -0.1) is 6.42 Å². The minimum atomic E-state index is -0.217. The number of terminal acetylenes is 1. The van der Waals surface area contributed by atoms with E-state index >= 15 is 0 Å². The summed E-state index contributed by atoms with van der Waals surface area (Å²) in [6.07, 6.45) is 12.2. The Kier molecular flexibility index (Phi) is 5.90. The largest absolute Gasteiger partial charge is 0.335 e. The molecule has 0 radical (unpaired) electrons. The fourth-order valence-electron chi connectivity index (χ4n) is 3.45. The van der Waals surface area contributed by atoms with Crippen molar-refractivity contribution in [2.24, 2.45) is 0 Å². The SMILES string of the molecule is C#CCn1nc(CNC(=O)NC2CCCCCC2)c2ccccc2c1=O. The van der Waals surface area contributed by atoms with Gasteiger partial charge in [0.15, 0.2) is 0 Å². The highest BCUT2D eigenvalue weighted by Crippen LogP contribution is 2.17. The van der Waals surface area contributed by atoms with Crippen LogP contribution in [0, 0.1) is 12.3 Å². The van der Waals surface area contributed by atoms with Gasteiger partial charge in [0.25, 0.3) is 5.56 Å². The Labute approximate surface area is 153 Å². The van der Waals surface area contributed by atoms with E-state index in [-0.39, 0.29) is 30.7 Å². The van der Waals surface area contributed by atoms with Gasteiger partial charge in [-0.25, -0.2) is 9.48 Å². The van der Waals surface area contributed by atoms with Gasteiger partial charge >= 0.3 is 6.03 Å². The lowest BCUT2D eigenvalue weighted by atomic mass is 10.1. The lowest BCUT2D eigenvalue weighted by Gasteiger charge is -2.17. The quantitative estimate of drug-likeness (QED) is 0.656. The van der Waals surface area contributed by atoms with E-state index in [1.165, 1.54) is 17.5 Å². The van der Waals surface area contributed by atoms with Crippen LogP contribution in [0.1, 0.15) is 44.2 Å². The van der Waals surface area contributed by atoms with Crippen LogP contribution < -0.4 is 16.2 Å². The zero-order valence-electron chi connectivity index (χ0n) is 14.8. The number of nitrogens with one attached hydrogen (secondary N) is 2. The number of rotatable bonds is 4. The zero-order chi connectivity index (χ0) is 18.4. The molecule has 0 aliphatic heterocycles. The first-order chi connectivity index (χ1) is 12.7. The fraction of sp³-hybridized carbons (Fsp3) is 0.450. The van der Waals surface area contributed by atoms with Crippen LogP contribution in [-0.4, -0.2) is 21.9 Å². The van der Waals surface area contributed by atoms with E-state index in [0.29, 0.717) is 11.1 Å². The summed E-state index contributed by atoms with van der Waals surface area (Å²) in [7, 11) is 0. The zero-order valence-corrected chi connectivity index (χ0v) is 14.8. The average Bonchev–Trinajstić information content (AvgIpc) is 2.92. The number of carbonyl (C=O) groups excluding carboxylic acids is 1. The molecule has 0 spiro atoms. The normalized spacial score (nSPS) is 15.2. The number of hydrogen-bond acceptors (Lipinski definition) is 3. The summed E-state index contributed by atoms with van der Waals surface area (Å²) in [5.41, 5.74) is 0.414. The van der Waals surface area contributed by atoms with E-state index in [1.807, 2.05) is 12.1 Å². The van der Waals surface area contributed by atoms with Gasteiger partial charge < -0.3 is 10.6 Å². The minimum Gasteiger partial charge on any atom is -0.335 e. The number of fused-ring (bicyclic) bond motifs is 1. The van der Waals surface area contributed by atoms with Crippen LogP contribution in [0.3, 0.4) is 0 Å². The second kappa shape index (κ2) is 8.52. The summed E-state index contributed by atoms with van der Waals surface area (Å²) in [5.74, 6) is 2.44. The molecule has 1 heterocycles. The summed E-state index contributed by atoms with van der Waals surface area (Å²) in [4.78, 5) is 24.7. The molecule has 1 aromatic heterocycles. The Morgan fingerprint density at radius 2 is 1.88 bits per heavy atom. The van der Waals surface area contributed by atoms with Gasteiger partial charge in [0.2, 0.25) is 0 Å². The third-order valence-electron chi connectivity index (χ3n) is 4.79. The van der Waals surface area contributed by atoms with Crippen LogP contribution >= 0.6 is 0 Å².